The number of aromatic amines is 1. The summed E-state index contributed by atoms with van der Waals surface area (Å²) in [4.78, 5) is 33.5. The van der Waals surface area contributed by atoms with E-state index < -0.39 is 5.97 Å². The molecule has 2 aromatic heterocycles. The molecular formula is C12H15N5O3S. The number of rotatable bonds is 6. The van der Waals surface area contributed by atoms with E-state index in [1.165, 1.54) is 16.7 Å². The molecule has 9 heteroatoms. The van der Waals surface area contributed by atoms with Crippen LogP contribution < -0.4 is 10.6 Å². The van der Waals surface area contributed by atoms with Crippen LogP contribution in [0.3, 0.4) is 0 Å². The molecule has 2 amide bonds. The Labute approximate surface area is 124 Å². The number of aromatic carboxylic acids is 1. The zero-order valence-corrected chi connectivity index (χ0v) is 12.1. The van der Waals surface area contributed by atoms with Crippen LogP contribution in [-0.2, 0) is 6.54 Å². The van der Waals surface area contributed by atoms with E-state index in [1.54, 1.807) is 12.4 Å². The van der Waals surface area contributed by atoms with E-state index >= 15 is 0 Å². The van der Waals surface area contributed by atoms with Crippen LogP contribution >= 0.6 is 11.3 Å². The zero-order valence-electron chi connectivity index (χ0n) is 11.3. The molecule has 0 bridgehead atoms. The van der Waals surface area contributed by atoms with Crippen molar-refractivity contribution in [1.82, 2.24) is 25.6 Å². The number of hydrogen-bond acceptors (Lipinski definition) is 5. The largest absolute Gasteiger partial charge is 0.476 e. The second kappa shape index (κ2) is 6.84. The Kier molecular flexibility index (Phi) is 4.88. The number of nitrogens with zero attached hydrogens (tertiary/aromatic N) is 2. The molecule has 0 aliphatic carbocycles. The van der Waals surface area contributed by atoms with Crippen molar-refractivity contribution in [1.29, 1.82) is 0 Å². The Morgan fingerprint density at radius 1 is 1.52 bits per heavy atom. The van der Waals surface area contributed by atoms with E-state index in [0.29, 0.717) is 17.3 Å². The van der Waals surface area contributed by atoms with Crippen molar-refractivity contribution >= 4 is 23.3 Å². The summed E-state index contributed by atoms with van der Waals surface area (Å²) >= 11 is 1.19. The Morgan fingerprint density at radius 3 is 2.90 bits per heavy atom. The second-order valence-corrected chi connectivity index (χ2v) is 5.14. The average molecular weight is 309 g/mol. The molecule has 0 saturated heterocycles. The zero-order chi connectivity index (χ0) is 15.2. The first kappa shape index (κ1) is 15.0. The van der Waals surface area contributed by atoms with E-state index in [2.05, 4.69) is 25.6 Å². The van der Waals surface area contributed by atoms with Crippen molar-refractivity contribution < 1.29 is 14.7 Å². The molecular weight excluding hydrogens is 294 g/mol. The number of carboxylic acids is 1. The summed E-state index contributed by atoms with van der Waals surface area (Å²) in [6.45, 7) is 2.12. The quantitative estimate of drug-likeness (QED) is 0.644. The number of urea groups is 1. The number of aromatic nitrogens is 3. The average Bonchev–Trinajstić information content (AvgIpc) is 3.13. The molecule has 1 atom stereocenters. The van der Waals surface area contributed by atoms with Crippen LogP contribution in [-0.4, -0.2) is 32.1 Å². The summed E-state index contributed by atoms with van der Waals surface area (Å²) in [7, 11) is 0. The molecule has 2 rings (SSSR count). The number of carboxylic acid groups (broad SMARTS) is 1. The van der Waals surface area contributed by atoms with Gasteiger partial charge in [0.05, 0.1) is 12.6 Å². The van der Waals surface area contributed by atoms with Crippen LogP contribution in [0.1, 0.15) is 40.7 Å². The third kappa shape index (κ3) is 4.02. The summed E-state index contributed by atoms with van der Waals surface area (Å²) in [5.74, 6) is -0.388. The van der Waals surface area contributed by atoms with E-state index in [9.17, 15) is 9.59 Å². The van der Waals surface area contributed by atoms with Gasteiger partial charge in [-0.1, -0.05) is 6.92 Å². The van der Waals surface area contributed by atoms with Crippen molar-refractivity contribution in [2.24, 2.45) is 0 Å². The molecule has 0 aliphatic rings. The Morgan fingerprint density at radius 2 is 2.33 bits per heavy atom. The number of carbonyl (C=O) groups is 2. The first-order valence-electron chi connectivity index (χ1n) is 6.31. The summed E-state index contributed by atoms with van der Waals surface area (Å²) in [5, 5.41) is 16.2. The van der Waals surface area contributed by atoms with Gasteiger partial charge in [-0.2, -0.15) is 0 Å². The smallest absolute Gasteiger partial charge is 0.355 e. The molecule has 2 heterocycles. The maximum Gasteiger partial charge on any atom is 0.355 e. The van der Waals surface area contributed by atoms with Crippen molar-refractivity contribution in [3.05, 3.63) is 34.3 Å². The van der Waals surface area contributed by atoms with Crippen LogP contribution in [0.15, 0.2) is 17.8 Å². The lowest BCUT2D eigenvalue weighted by Crippen LogP contribution is -2.37. The topological polar surface area (TPSA) is 120 Å². The standard InChI is InChI=1S/C12H15N5O3S/c1-2-7(10-13-3-4-14-10)17-12(20)15-5-9-16-8(6-21-9)11(18)19/h3-4,6-7H,2,5H2,1H3,(H,13,14)(H,18,19)(H2,15,17,20). The fourth-order valence-corrected chi connectivity index (χ4v) is 2.40. The molecule has 21 heavy (non-hydrogen) atoms. The minimum absolute atomic E-state index is 0.0146. The number of H-pyrrole nitrogens is 1. The minimum atomic E-state index is -1.08. The second-order valence-electron chi connectivity index (χ2n) is 4.19. The number of thiazole rings is 1. The van der Waals surface area contributed by atoms with Gasteiger partial charge >= 0.3 is 12.0 Å². The Hall–Kier alpha value is -2.42. The molecule has 4 N–H and O–H groups in total. The van der Waals surface area contributed by atoms with Crippen molar-refractivity contribution in [2.45, 2.75) is 25.9 Å². The van der Waals surface area contributed by atoms with Crippen LogP contribution in [0.4, 0.5) is 4.79 Å². The van der Waals surface area contributed by atoms with Crippen LogP contribution in [0.2, 0.25) is 0 Å². The van der Waals surface area contributed by atoms with Crippen LogP contribution in [0.25, 0.3) is 0 Å². The predicted molar refractivity (Wildman–Crippen MR) is 76.1 cm³/mol. The van der Waals surface area contributed by atoms with Gasteiger partial charge in [0.25, 0.3) is 0 Å². The van der Waals surface area contributed by atoms with Gasteiger partial charge in [0.15, 0.2) is 5.69 Å². The molecule has 0 radical (unpaired) electrons. The van der Waals surface area contributed by atoms with Crippen LogP contribution in [0.5, 0.6) is 0 Å². The van der Waals surface area contributed by atoms with Crippen molar-refractivity contribution in [2.75, 3.05) is 0 Å². The summed E-state index contributed by atoms with van der Waals surface area (Å²) < 4.78 is 0. The first-order chi connectivity index (χ1) is 10.1. The van der Waals surface area contributed by atoms with Gasteiger partial charge in [-0.3, -0.25) is 0 Å². The predicted octanol–water partition coefficient (Wildman–Crippen LogP) is 1.51. The third-order valence-corrected chi connectivity index (χ3v) is 3.58. The van der Waals surface area contributed by atoms with E-state index in [-0.39, 0.29) is 24.3 Å². The van der Waals surface area contributed by atoms with Gasteiger partial charge in [-0.05, 0) is 6.42 Å². The lowest BCUT2D eigenvalue weighted by Gasteiger charge is -2.14. The summed E-state index contributed by atoms with van der Waals surface area (Å²) in [5.41, 5.74) is -0.0146. The van der Waals surface area contributed by atoms with Gasteiger partial charge in [0.2, 0.25) is 0 Å². The van der Waals surface area contributed by atoms with E-state index in [0.717, 1.165) is 0 Å². The monoisotopic (exact) mass is 309 g/mol. The Balaban J connectivity index is 1.85. The molecule has 1 unspecified atom stereocenters. The molecule has 0 fully saturated rings. The van der Waals surface area contributed by atoms with Gasteiger partial charge in [0, 0.05) is 17.8 Å². The number of nitrogens with one attached hydrogen (secondary N) is 3. The molecule has 8 nitrogen and oxygen atoms in total. The minimum Gasteiger partial charge on any atom is -0.476 e. The fraction of sp³-hybridized carbons (Fsp3) is 0.333. The van der Waals surface area contributed by atoms with Crippen molar-refractivity contribution in [3.63, 3.8) is 0 Å². The summed E-state index contributed by atoms with van der Waals surface area (Å²) in [6, 6.07) is -0.559. The summed E-state index contributed by atoms with van der Waals surface area (Å²) in [6.07, 6.45) is 4.02. The molecule has 0 saturated carbocycles. The highest BCUT2D eigenvalue weighted by Gasteiger charge is 2.15. The highest BCUT2D eigenvalue weighted by molar-refractivity contribution is 7.09. The number of amides is 2. The molecule has 0 spiro atoms. The highest BCUT2D eigenvalue weighted by atomic mass is 32.1. The van der Waals surface area contributed by atoms with Gasteiger partial charge in [-0.15, -0.1) is 11.3 Å². The van der Waals surface area contributed by atoms with Gasteiger partial charge < -0.3 is 20.7 Å². The lowest BCUT2D eigenvalue weighted by molar-refractivity contribution is 0.0691. The molecule has 112 valence electrons. The first-order valence-corrected chi connectivity index (χ1v) is 7.19. The SMILES string of the molecule is CCC(NC(=O)NCc1nc(C(=O)O)cs1)c1ncc[nH]1. The third-order valence-electron chi connectivity index (χ3n) is 2.73. The van der Waals surface area contributed by atoms with E-state index in [1.807, 2.05) is 6.92 Å². The number of carbonyl (C=O) groups excluding carboxylic acids is 1. The van der Waals surface area contributed by atoms with Crippen molar-refractivity contribution in [3.8, 4) is 0 Å². The maximum atomic E-state index is 11.8. The number of hydrogen-bond donors (Lipinski definition) is 4. The fourth-order valence-electron chi connectivity index (χ4n) is 1.69. The highest BCUT2D eigenvalue weighted by Crippen LogP contribution is 2.11. The lowest BCUT2D eigenvalue weighted by atomic mass is 10.2. The molecule has 0 aromatic carbocycles. The molecule has 0 aliphatic heterocycles. The van der Waals surface area contributed by atoms with E-state index in [4.69, 9.17) is 5.11 Å². The van der Waals surface area contributed by atoms with Gasteiger partial charge in [0.1, 0.15) is 10.8 Å². The molecule has 2 aromatic rings. The van der Waals surface area contributed by atoms with Gasteiger partial charge in [-0.25, -0.2) is 19.6 Å². The van der Waals surface area contributed by atoms with Crippen LogP contribution in [0, 0.1) is 0 Å². The number of imidazole rings is 1. The Bertz CT molecular complexity index is 610. The maximum absolute atomic E-state index is 11.8. The normalized spacial score (nSPS) is 11.9.